The molecule has 1 aliphatic heterocycles. The Morgan fingerprint density at radius 1 is 1.29 bits per heavy atom. The van der Waals surface area contributed by atoms with Crippen molar-refractivity contribution in [1.82, 2.24) is 5.32 Å². The molecule has 0 amide bonds. The van der Waals surface area contributed by atoms with Crippen LogP contribution < -0.4 is 10.1 Å². The van der Waals surface area contributed by atoms with E-state index in [1.807, 2.05) is 13.8 Å². The number of ether oxygens (including phenoxy) is 1. The minimum absolute atomic E-state index is 0. The van der Waals surface area contributed by atoms with E-state index >= 15 is 0 Å². The predicted octanol–water partition coefficient (Wildman–Crippen LogP) is 3.61. The van der Waals surface area contributed by atoms with E-state index in [1.54, 1.807) is 0 Å². The molecule has 0 aliphatic carbocycles. The molecule has 1 heterocycles. The van der Waals surface area contributed by atoms with Crippen LogP contribution in [-0.2, 0) is 0 Å². The fraction of sp³-hybridized carbons (Fsp3) is 0.588. The third kappa shape index (κ3) is 3.78. The van der Waals surface area contributed by atoms with Gasteiger partial charge in [0.2, 0.25) is 0 Å². The van der Waals surface area contributed by atoms with Gasteiger partial charge < -0.3 is 10.1 Å². The second kappa shape index (κ2) is 7.81. The average molecular weight is 312 g/mol. The van der Waals surface area contributed by atoms with E-state index in [0.717, 1.165) is 35.4 Å². The molecule has 2 rings (SSSR count). The average Bonchev–Trinajstić information content (AvgIpc) is 2.42. The van der Waals surface area contributed by atoms with Crippen LogP contribution in [0, 0.1) is 26.7 Å². The van der Waals surface area contributed by atoms with Gasteiger partial charge in [-0.2, -0.15) is 0 Å². The monoisotopic (exact) mass is 311 g/mol. The van der Waals surface area contributed by atoms with Gasteiger partial charge in [-0.05, 0) is 50.4 Å². The summed E-state index contributed by atoms with van der Waals surface area (Å²) in [6.45, 7) is 10.4. The zero-order valence-electron chi connectivity index (χ0n) is 13.4. The van der Waals surface area contributed by atoms with Gasteiger partial charge in [0, 0.05) is 6.54 Å². The second-order valence-electron chi connectivity index (χ2n) is 5.77. The number of fused-ring (bicyclic) bond motifs is 1. The lowest BCUT2D eigenvalue weighted by atomic mass is 9.88. The summed E-state index contributed by atoms with van der Waals surface area (Å²) >= 11 is 0. The first-order valence-electron chi connectivity index (χ1n) is 7.54. The molecule has 0 saturated heterocycles. The minimum atomic E-state index is -0.0554. The molecule has 1 unspecified atom stereocenters. The zero-order valence-corrected chi connectivity index (χ0v) is 14.2. The number of unbranched alkanes of at least 4 members (excludes halogenated alkanes) is 1. The lowest BCUT2D eigenvalue weighted by molar-refractivity contribution is 0.0827. The number of hydrogen-bond donors (Lipinski definition) is 1. The van der Waals surface area contributed by atoms with Crippen molar-refractivity contribution < 1.29 is 9.53 Å². The fourth-order valence-corrected chi connectivity index (χ4v) is 2.73. The molecule has 3 nitrogen and oxygen atoms in total. The molecule has 0 aromatic heterocycles. The van der Waals surface area contributed by atoms with Crippen molar-refractivity contribution >= 4 is 18.2 Å². The summed E-state index contributed by atoms with van der Waals surface area (Å²) in [7, 11) is 0. The highest BCUT2D eigenvalue weighted by molar-refractivity contribution is 6.03. The standard InChI is InChI=1S/C17H25NO2.ClH/c1-5-6-7-18-9-14-10-20-17-13(4)11(2)8-12(3)15(17)16(14)19;/h8,14,18H,5-7,9-10H2,1-4H3;1H. The van der Waals surface area contributed by atoms with Crippen LogP contribution in [0.25, 0.3) is 0 Å². The quantitative estimate of drug-likeness (QED) is 0.844. The molecule has 1 aromatic carbocycles. The number of carbonyl (C=O) groups is 1. The lowest BCUT2D eigenvalue weighted by Crippen LogP contribution is -2.37. The first-order chi connectivity index (χ1) is 9.56. The summed E-state index contributed by atoms with van der Waals surface area (Å²) in [4.78, 5) is 12.6. The van der Waals surface area contributed by atoms with Crippen LogP contribution in [0.2, 0.25) is 0 Å². The summed E-state index contributed by atoms with van der Waals surface area (Å²) < 4.78 is 5.90. The van der Waals surface area contributed by atoms with Crippen molar-refractivity contribution in [1.29, 1.82) is 0 Å². The molecule has 1 atom stereocenters. The van der Waals surface area contributed by atoms with E-state index < -0.39 is 0 Å². The van der Waals surface area contributed by atoms with E-state index in [4.69, 9.17) is 4.74 Å². The number of carbonyl (C=O) groups excluding carboxylic acids is 1. The smallest absolute Gasteiger partial charge is 0.174 e. The van der Waals surface area contributed by atoms with Crippen molar-refractivity contribution in [2.75, 3.05) is 19.7 Å². The van der Waals surface area contributed by atoms with Crippen LogP contribution in [0.4, 0.5) is 0 Å². The van der Waals surface area contributed by atoms with Crippen molar-refractivity contribution in [2.24, 2.45) is 5.92 Å². The Balaban J connectivity index is 0.00000220. The molecule has 1 aliphatic rings. The summed E-state index contributed by atoms with van der Waals surface area (Å²) in [6, 6.07) is 2.09. The molecule has 0 radical (unpaired) electrons. The van der Waals surface area contributed by atoms with Gasteiger partial charge in [-0.3, -0.25) is 4.79 Å². The Morgan fingerprint density at radius 3 is 2.67 bits per heavy atom. The Morgan fingerprint density at radius 2 is 2.00 bits per heavy atom. The van der Waals surface area contributed by atoms with Gasteiger partial charge in [0.05, 0.1) is 18.1 Å². The van der Waals surface area contributed by atoms with E-state index in [2.05, 4.69) is 25.2 Å². The zero-order chi connectivity index (χ0) is 14.7. The molecular formula is C17H26ClNO2. The molecule has 1 N–H and O–H groups in total. The van der Waals surface area contributed by atoms with Gasteiger partial charge in [-0.1, -0.05) is 19.4 Å². The molecule has 1 aromatic rings. The van der Waals surface area contributed by atoms with E-state index in [1.165, 1.54) is 12.0 Å². The van der Waals surface area contributed by atoms with E-state index in [9.17, 15) is 4.79 Å². The largest absolute Gasteiger partial charge is 0.492 e. The van der Waals surface area contributed by atoms with Crippen LogP contribution in [0.5, 0.6) is 5.75 Å². The molecular weight excluding hydrogens is 286 g/mol. The number of benzene rings is 1. The lowest BCUT2D eigenvalue weighted by Gasteiger charge is -2.27. The molecule has 21 heavy (non-hydrogen) atoms. The Labute approximate surface area is 133 Å². The summed E-state index contributed by atoms with van der Waals surface area (Å²) in [5.41, 5.74) is 4.11. The third-order valence-electron chi connectivity index (χ3n) is 4.13. The molecule has 0 bridgehead atoms. The number of Topliss-reactive ketones (excluding diaryl/α,β-unsaturated/α-hetero) is 1. The highest BCUT2D eigenvalue weighted by atomic mass is 35.5. The Bertz CT molecular complexity index is 514. The summed E-state index contributed by atoms with van der Waals surface area (Å²) in [5.74, 6) is 0.980. The van der Waals surface area contributed by atoms with Gasteiger partial charge in [-0.15, -0.1) is 12.4 Å². The number of ketones is 1. The van der Waals surface area contributed by atoms with Crippen molar-refractivity contribution in [3.63, 3.8) is 0 Å². The van der Waals surface area contributed by atoms with Gasteiger partial charge in [0.1, 0.15) is 5.75 Å². The second-order valence-corrected chi connectivity index (χ2v) is 5.77. The van der Waals surface area contributed by atoms with Crippen LogP contribution in [0.3, 0.4) is 0 Å². The SMILES string of the molecule is CCCCNCC1COc2c(C)c(C)cc(C)c2C1=O.Cl. The van der Waals surface area contributed by atoms with E-state index in [0.29, 0.717) is 13.2 Å². The van der Waals surface area contributed by atoms with Crippen LogP contribution >= 0.6 is 12.4 Å². The van der Waals surface area contributed by atoms with Gasteiger partial charge in [0.25, 0.3) is 0 Å². The highest BCUT2D eigenvalue weighted by Crippen LogP contribution is 2.34. The molecule has 0 spiro atoms. The molecule has 0 fully saturated rings. The van der Waals surface area contributed by atoms with Gasteiger partial charge in [-0.25, -0.2) is 0 Å². The Hall–Kier alpha value is -1.06. The van der Waals surface area contributed by atoms with E-state index in [-0.39, 0.29) is 24.1 Å². The maximum absolute atomic E-state index is 12.6. The Kier molecular flexibility index (Phi) is 6.69. The normalized spacial score (nSPS) is 17.0. The molecule has 118 valence electrons. The van der Waals surface area contributed by atoms with Crippen molar-refractivity contribution in [3.05, 3.63) is 28.3 Å². The number of rotatable bonds is 5. The fourth-order valence-electron chi connectivity index (χ4n) is 2.73. The summed E-state index contributed by atoms with van der Waals surface area (Å²) in [5, 5.41) is 3.36. The number of aryl methyl sites for hydroxylation is 2. The summed E-state index contributed by atoms with van der Waals surface area (Å²) in [6.07, 6.45) is 2.32. The maximum atomic E-state index is 12.6. The van der Waals surface area contributed by atoms with Gasteiger partial charge in [0.15, 0.2) is 5.78 Å². The third-order valence-corrected chi connectivity index (χ3v) is 4.13. The van der Waals surface area contributed by atoms with Crippen molar-refractivity contribution in [3.8, 4) is 5.75 Å². The molecule has 0 saturated carbocycles. The number of halogens is 1. The van der Waals surface area contributed by atoms with Gasteiger partial charge >= 0.3 is 0 Å². The number of nitrogens with one attached hydrogen (secondary N) is 1. The van der Waals surface area contributed by atoms with Crippen LogP contribution in [0.1, 0.15) is 46.8 Å². The predicted molar refractivity (Wildman–Crippen MR) is 89.0 cm³/mol. The first-order valence-corrected chi connectivity index (χ1v) is 7.54. The maximum Gasteiger partial charge on any atom is 0.174 e. The van der Waals surface area contributed by atoms with Crippen LogP contribution in [0.15, 0.2) is 6.07 Å². The minimum Gasteiger partial charge on any atom is -0.492 e. The topological polar surface area (TPSA) is 38.3 Å². The number of hydrogen-bond acceptors (Lipinski definition) is 3. The molecule has 4 heteroatoms. The van der Waals surface area contributed by atoms with Crippen molar-refractivity contribution in [2.45, 2.75) is 40.5 Å². The van der Waals surface area contributed by atoms with Crippen LogP contribution in [-0.4, -0.2) is 25.5 Å². The first kappa shape index (κ1) is 18.0. The highest BCUT2D eigenvalue weighted by Gasteiger charge is 2.31.